The maximum absolute atomic E-state index is 11.5. The minimum Gasteiger partial charge on any atom is -0.370 e. The van der Waals surface area contributed by atoms with Crippen LogP contribution >= 0.6 is 0 Å². The molecule has 0 aliphatic carbocycles. The number of nitrogens with zero attached hydrogens (tertiary/aromatic N) is 1. The normalized spacial score (nSPS) is 11.8. The van der Waals surface area contributed by atoms with Gasteiger partial charge in [0.15, 0.2) is 0 Å². The number of aromatic nitrogens is 2. The lowest BCUT2D eigenvalue weighted by Gasteiger charge is -2.29. The van der Waals surface area contributed by atoms with Gasteiger partial charge >= 0.3 is 0 Å². The molecule has 16 heavy (non-hydrogen) atoms. The second-order valence-electron chi connectivity index (χ2n) is 3.69. The van der Waals surface area contributed by atoms with Crippen LogP contribution in [0.25, 0.3) is 0 Å². The van der Waals surface area contributed by atoms with Crippen LogP contribution in [0.2, 0.25) is 0 Å². The number of aromatic amines is 1. The molecule has 1 rings (SSSR count). The molecular weight excluding hydrogens is 206 g/mol. The van der Waals surface area contributed by atoms with Crippen molar-refractivity contribution >= 4 is 0 Å². The first-order chi connectivity index (χ1) is 7.61. The van der Waals surface area contributed by atoms with Crippen LogP contribution in [0.1, 0.15) is 38.2 Å². The second kappa shape index (κ2) is 5.23. The largest absolute Gasteiger partial charge is 0.370 e. The van der Waals surface area contributed by atoms with Crippen molar-refractivity contribution < 1.29 is 4.74 Å². The Morgan fingerprint density at radius 2 is 2.12 bits per heavy atom. The predicted molar refractivity (Wildman–Crippen MR) is 62.0 cm³/mol. The number of hydrogen-bond donors (Lipinski definition) is 2. The van der Waals surface area contributed by atoms with Crippen LogP contribution in [-0.2, 0) is 16.9 Å². The Bertz CT molecular complexity index is 388. The van der Waals surface area contributed by atoms with Crippen molar-refractivity contribution in [1.82, 2.24) is 9.97 Å². The molecule has 3 N–H and O–H groups in total. The van der Waals surface area contributed by atoms with Crippen molar-refractivity contribution in [2.45, 2.75) is 38.8 Å². The van der Waals surface area contributed by atoms with Crippen LogP contribution in [0.4, 0.5) is 0 Å². The lowest BCUT2D eigenvalue weighted by atomic mass is 9.96. The molecule has 1 aromatic rings. The van der Waals surface area contributed by atoms with E-state index in [4.69, 9.17) is 10.5 Å². The van der Waals surface area contributed by atoms with Gasteiger partial charge in [-0.05, 0) is 12.8 Å². The van der Waals surface area contributed by atoms with E-state index in [1.54, 1.807) is 7.11 Å². The fourth-order valence-electron chi connectivity index (χ4n) is 1.80. The van der Waals surface area contributed by atoms with Crippen LogP contribution in [-0.4, -0.2) is 17.1 Å². The van der Waals surface area contributed by atoms with E-state index in [-0.39, 0.29) is 12.1 Å². The summed E-state index contributed by atoms with van der Waals surface area (Å²) < 4.78 is 5.50. The highest BCUT2D eigenvalue weighted by Gasteiger charge is 2.31. The molecule has 0 atom stereocenters. The molecule has 5 heteroatoms. The first kappa shape index (κ1) is 12.9. The summed E-state index contributed by atoms with van der Waals surface area (Å²) in [6.45, 7) is 4.26. The highest BCUT2D eigenvalue weighted by Crippen LogP contribution is 2.28. The topological polar surface area (TPSA) is 81.0 Å². The number of nitrogens with two attached hydrogens (primary N) is 1. The van der Waals surface area contributed by atoms with Gasteiger partial charge in [-0.2, -0.15) is 0 Å². The van der Waals surface area contributed by atoms with Gasteiger partial charge in [0.25, 0.3) is 5.56 Å². The minimum absolute atomic E-state index is 0.186. The fourth-order valence-corrected chi connectivity index (χ4v) is 1.80. The molecule has 0 fully saturated rings. The first-order valence-electron chi connectivity index (χ1n) is 5.47. The Hall–Kier alpha value is -1.20. The van der Waals surface area contributed by atoms with Crippen molar-refractivity contribution in [3.63, 3.8) is 0 Å². The molecular formula is C11H19N3O2. The third-order valence-electron chi connectivity index (χ3n) is 2.97. The first-order valence-corrected chi connectivity index (χ1v) is 5.47. The number of H-pyrrole nitrogens is 1. The minimum atomic E-state index is -0.523. The Balaban J connectivity index is 3.29. The average Bonchev–Trinajstić information content (AvgIpc) is 2.31. The summed E-state index contributed by atoms with van der Waals surface area (Å²) in [5, 5.41) is 0. The molecule has 0 aromatic carbocycles. The smallest absolute Gasteiger partial charge is 0.251 e. The number of methoxy groups -OCH3 is 1. The quantitative estimate of drug-likeness (QED) is 0.779. The van der Waals surface area contributed by atoms with Gasteiger partial charge < -0.3 is 15.5 Å². The summed E-state index contributed by atoms with van der Waals surface area (Å²) in [4.78, 5) is 18.5. The maximum Gasteiger partial charge on any atom is 0.251 e. The van der Waals surface area contributed by atoms with E-state index in [2.05, 4.69) is 9.97 Å². The van der Waals surface area contributed by atoms with E-state index in [9.17, 15) is 4.79 Å². The number of ether oxygens (including phenoxy) is 1. The van der Waals surface area contributed by atoms with Gasteiger partial charge in [-0.1, -0.05) is 13.8 Å². The van der Waals surface area contributed by atoms with Gasteiger partial charge in [0, 0.05) is 19.7 Å². The molecule has 0 aliphatic heterocycles. The van der Waals surface area contributed by atoms with E-state index >= 15 is 0 Å². The lowest BCUT2D eigenvalue weighted by molar-refractivity contribution is -0.0295. The summed E-state index contributed by atoms with van der Waals surface area (Å²) in [6, 6.07) is 1.41. The number of nitrogens with one attached hydrogen (secondary N) is 1. The Kier molecular flexibility index (Phi) is 4.20. The summed E-state index contributed by atoms with van der Waals surface area (Å²) in [5.41, 5.74) is 5.37. The average molecular weight is 225 g/mol. The van der Waals surface area contributed by atoms with E-state index < -0.39 is 5.60 Å². The summed E-state index contributed by atoms with van der Waals surface area (Å²) in [6.07, 6.45) is 1.49. The molecule has 1 aromatic heterocycles. The van der Waals surface area contributed by atoms with Crippen LogP contribution in [0, 0.1) is 0 Å². The van der Waals surface area contributed by atoms with Crippen LogP contribution in [0.5, 0.6) is 0 Å². The summed E-state index contributed by atoms with van der Waals surface area (Å²) >= 11 is 0. The van der Waals surface area contributed by atoms with E-state index in [1.807, 2.05) is 13.8 Å². The number of rotatable bonds is 5. The molecule has 0 unspecified atom stereocenters. The SMILES string of the molecule is CCC(CC)(OC)c1nc(CN)cc(=O)[nH]1. The van der Waals surface area contributed by atoms with Gasteiger partial charge in [0.1, 0.15) is 11.4 Å². The third kappa shape index (κ3) is 2.31. The standard InChI is InChI=1S/C11H19N3O2/c1-4-11(5-2,16-3)10-13-8(7-12)6-9(15)14-10/h6H,4-5,7,12H2,1-3H3,(H,13,14,15). The van der Waals surface area contributed by atoms with Gasteiger partial charge in [0.05, 0.1) is 5.69 Å². The van der Waals surface area contributed by atoms with Crippen LogP contribution < -0.4 is 11.3 Å². The molecule has 0 radical (unpaired) electrons. The van der Waals surface area contributed by atoms with E-state index in [1.165, 1.54) is 6.07 Å². The van der Waals surface area contributed by atoms with Crippen LogP contribution in [0.3, 0.4) is 0 Å². The Labute approximate surface area is 95.0 Å². The van der Waals surface area contributed by atoms with E-state index in [0.717, 1.165) is 12.8 Å². The number of hydrogen-bond acceptors (Lipinski definition) is 4. The third-order valence-corrected chi connectivity index (χ3v) is 2.97. The monoisotopic (exact) mass is 225 g/mol. The molecule has 90 valence electrons. The van der Waals surface area contributed by atoms with Gasteiger partial charge in [-0.3, -0.25) is 4.79 Å². The van der Waals surface area contributed by atoms with Gasteiger partial charge in [-0.15, -0.1) is 0 Å². The second-order valence-corrected chi connectivity index (χ2v) is 3.69. The molecule has 0 amide bonds. The zero-order valence-electron chi connectivity index (χ0n) is 10.0. The molecule has 0 saturated heterocycles. The molecule has 0 bridgehead atoms. The highest BCUT2D eigenvalue weighted by molar-refractivity contribution is 5.08. The van der Waals surface area contributed by atoms with Crippen molar-refractivity contribution in [3.05, 3.63) is 27.9 Å². The van der Waals surface area contributed by atoms with Gasteiger partial charge in [0.2, 0.25) is 0 Å². The van der Waals surface area contributed by atoms with Crippen molar-refractivity contribution in [1.29, 1.82) is 0 Å². The highest BCUT2D eigenvalue weighted by atomic mass is 16.5. The molecule has 0 spiro atoms. The zero-order chi connectivity index (χ0) is 12.2. The lowest BCUT2D eigenvalue weighted by Crippen LogP contribution is -2.32. The van der Waals surface area contributed by atoms with E-state index in [0.29, 0.717) is 11.5 Å². The fraction of sp³-hybridized carbons (Fsp3) is 0.636. The van der Waals surface area contributed by atoms with Crippen molar-refractivity contribution in [2.75, 3.05) is 7.11 Å². The van der Waals surface area contributed by atoms with Crippen LogP contribution in [0.15, 0.2) is 10.9 Å². The Morgan fingerprint density at radius 1 is 1.50 bits per heavy atom. The van der Waals surface area contributed by atoms with Crippen molar-refractivity contribution in [2.24, 2.45) is 5.73 Å². The summed E-state index contributed by atoms with van der Waals surface area (Å²) in [7, 11) is 1.63. The molecule has 0 saturated carbocycles. The van der Waals surface area contributed by atoms with Gasteiger partial charge in [-0.25, -0.2) is 4.98 Å². The molecule has 0 aliphatic rings. The molecule has 5 nitrogen and oxygen atoms in total. The predicted octanol–water partition coefficient (Wildman–Crippen LogP) is 0.890. The maximum atomic E-state index is 11.5. The zero-order valence-corrected chi connectivity index (χ0v) is 10.0. The molecule has 1 heterocycles. The Morgan fingerprint density at radius 3 is 2.56 bits per heavy atom. The summed E-state index contributed by atoms with van der Waals surface area (Å²) in [5.74, 6) is 0.563. The van der Waals surface area contributed by atoms with Crippen molar-refractivity contribution in [3.8, 4) is 0 Å².